The zero-order chi connectivity index (χ0) is 26.1. The number of benzene rings is 4. The lowest BCUT2D eigenvalue weighted by atomic mass is 10.0. The number of hydrogen-bond acceptors (Lipinski definition) is 10. The molecule has 182 valence electrons. The molecule has 0 saturated carbocycles. The average molecular weight is 497 g/mol. The third-order valence-electron chi connectivity index (χ3n) is 4.78. The van der Waals surface area contributed by atoms with Gasteiger partial charge in [0.2, 0.25) is 0 Å². The zero-order valence-electron chi connectivity index (χ0n) is 18.3. The second kappa shape index (κ2) is 11.8. The molecule has 12 N–H and O–H groups in total. The monoisotopic (exact) mass is 496 g/mol. The molecule has 0 aliphatic carbocycles. The molecule has 0 atom stereocenters. The van der Waals surface area contributed by atoms with Crippen LogP contribution in [0.1, 0.15) is 0 Å². The van der Waals surface area contributed by atoms with Crippen LogP contribution < -0.4 is 22.9 Å². The fourth-order valence-corrected chi connectivity index (χ4v) is 2.94. The molecule has 0 spiro atoms. The summed E-state index contributed by atoms with van der Waals surface area (Å²) in [6, 6.07) is 19.6. The molecule has 0 bridgehead atoms. The van der Waals surface area contributed by atoms with Crippen molar-refractivity contribution in [3.63, 3.8) is 0 Å². The van der Waals surface area contributed by atoms with E-state index < -0.39 is 11.6 Å². The van der Waals surface area contributed by atoms with Gasteiger partial charge in [0.1, 0.15) is 23.0 Å². The normalized spacial score (nSPS) is 9.71. The fourth-order valence-electron chi connectivity index (χ4n) is 2.94. The van der Waals surface area contributed by atoms with Crippen LogP contribution in [0.5, 0.6) is 23.0 Å². The largest absolute Gasteiger partial charge is 0.506 e. The topological polar surface area (TPSA) is 219 Å². The van der Waals surface area contributed by atoms with Crippen molar-refractivity contribution in [2.75, 3.05) is 22.9 Å². The smallest absolute Gasteiger partial charge is 0.335 e. The minimum Gasteiger partial charge on any atom is -0.506 e. The minimum atomic E-state index is -0.750. The molecule has 0 unspecified atom stereocenters. The van der Waals surface area contributed by atoms with Crippen LogP contribution in [0.2, 0.25) is 0 Å². The first-order chi connectivity index (χ1) is 16.6. The number of phenols is 4. The van der Waals surface area contributed by atoms with Gasteiger partial charge in [-0.05, 0) is 70.8 Å². The molecule has 4 rings (SSSR count). The van der Waals surface area contributed by atoms with E-state index in [2.05, 4.69) is 0 Å². The number of hydrogen-bond donors (Lipinski definition) is 8. The molecule has 35 heavy (non-hydrogen) atoms. The Labute approximate surface area is 204 Å². The highest BCUT2D eigenvalue weighted by Gasteiger charge is 2.05. The van der Waals surface area contributed by atoms with Crippen molar-refractivity contribution in [3.05, 3.63) is 72.8 Å². The van der Waals surface area contributed by atoms with E-state index in [1.54, 1.807) is 48.5 Å². The second-order valence-corrected chi connectivity index (χ2v) is 7.30. The van der Waals surface area contributed by atoms with Crippen LogP contribution in [-0.2, 0) is 11.6 Å². The summed E-state index contributed by atoms with van der Waals surface area (Å²) in [6.07, 6.45) is 0. The zero-order valence-corrected chi connectivity index (χ0v) is 19.1. The van der Waals surface area contributed by atoms with Crippen LogP contribution in [-0.4, -0.2) is 28.8 Å². The van der Waals surface area contributed by atoms with E-state index in [-0.39, 0.29) is 23.0 Å². The molecule has 0 aliphatic heterocycles. The summed E-state index contributed by atoms with van der Waals surface area (Å²) in [5, 5.41) is 37.2. The van der Waals surface area contributed by atoms with Gasteiger partial charge in [0.15, 0.2) is 0 Å². The predicted octanol–water partition coefficient (Wildman–Crippen LogP) is 3.19. The van der Waals surface area contributed by atoms with Gasteiger partial charge in [-0.25, -0.2) is 0 Å². The van der Waals surface area contributed by atoms with Crippen molar-refractivity contribution in [1.82, 2.24) is 0 Å². The molecule has 11 heteroatoms. The number of nitrogen functional groups attached to an aromatic ring is 4. The highest BCUT2D eigenvalue weighted by Crippen LogP contribution is 2.32. The van der Waals surface area contributed by atoms with E-state index in [4.69, 9.17) is 31.4 Å². The quantitative estimate of drug-likeness (QED) is 0.149. The Bertz CT molecular complexity index is 1180. The Balaban J connectivity index is 0.000000222. The summed E-state index contributed by atoms with van der Waals surface area (Å²) in [6.45, 7) is 0. The number of nitrogens with two attached hydrogens (primary N) is 4. The van der Waals surface area contributed by atoms with Crippen molar-refractivity contribution < 1.29 is 28.8 Å². The van der Waals surface area contributed by atoms with Crippen LogP contribution >= 0.6 is 0 Å². The molecule has 4 aromatic rings. The molecule has 10 nitrogen and oxygen atoms in total. The Kier molecular flexibility index (Phi) is 8.90. The number of anilines is 4. The summed E-state index contributed by atoms with van der Waals surface area (Å²) in [7, 11) is 0. The molecule has 0 saturated heterocycles. The second-order valence-electron chi connectivity index (χ2n) is 7.16. The van der Waals surface area contributed by atoms with Gasteiger partial charge in [-0.3, -0.25) is 0 Å². The summed E-state index contributed by atoms with van der Waals surface area (Å²) in [5.74, 6) is 0.206. The van der Waals surface area contributed by atoms with Crippen molar-refractivity contribution in [3.8, 4) is 45.3 Å². The van der Waals surface area contributed by atoms with E-state index in [0.29, 0.717) is 22.7 Å². The lowest BCUT2D eigenvalue weighted by Crippen LogP contribution is -1.89. The first-order valence-corrected chi connectivity index (χ1v) is 10.5. The first-order valence-electron chi connectivity index (χ1n) is 9.83. The Morgan fingerprint density at radius 3 is 0.743 bits per heavy atom. The maximum atomic E-state index is 9.30. The third kappa shape index (κ3) is 7.04. The molecule has 0 heterocycles. The molecule has 0 aromatic heterocycles. The molecule has 0 fully saturated rings. The summed E-state index contributed by atoms with van der Waals surface area (Å²) < 4.78 is 16.6. The standard InChI is InChI=1S/2C12H12N2O2.O2S/c2*13-9-5-7(1-3-11(9)15)8-2-4-12(16)10(14)6-8;1-3-2/h2*1-6,15-16H,13-14H2;. The molecular formula is C24H24N4O6S. The molecule has 4 aromatic carbocycles. The molecule has 0 radical (unpaired) electrons. The summed E-state index contributed by atoms with van der Waals surface area (Å²) in [4.78, 5) is 0. The number of aromatic hydroxyl groups is 4. The van der Waals surface area contributed by atoms with Gasteiger partial charge in [-0.2, -0.15) is 8.42 Å². The van der Waals surface area contributed by atoms with E-state index in [0.717, 1.165) is 22.3 Å². The van der Waals surface area contributed by atoms with Crippen molar-refractivity contribution in [2.45, 2.75) is 0 Å². The maximum Gasteiger partial charge on any atom is 0.335 e. The number of rotatable bonds is 2. The van der Waals surface area contributed by atoms with Crippen LogP contribution in [0, 0.1) is 0 Å². The Morgan fingerprint density at radius 2 is 0.600 bits per heavy atom. The lowest BCUT2D eigenvalue weighted by Gasteiger charge is -2.06. The highest BCUT2D eigenvalue weighted by molar-refractivity contribution is 7.51. The van der Waals surface area contributed by atoms with E-state index >= 15 is 0 Å². The van der Waals surface area contributed by atoms with E-state index in [9.17, 15) is 20.4 Å². The van der Waals surface area contributed by atoms with Gasteiger partial charge < -0.3 is 43.4 Å². The van der Waals surface area contributed by atoms with E-state index in [1.165, 1.54) is 24.3 Å². The van der Waals surface area contributed by atoms with Gasteiger partial charge in [-0.15, -0.1) is 0 Å². The van der Waals surface area contributed by atoms with Gasteiger partial charge in [-0.1, -0.05) is 24.3 Å². The van der Waals surface area contributed by atoms with Gasteiger partial charge in [0.05, 0.1) is 22.7 Å². The van der Waals surface area contributed by atoms with Gasteiger partial charge in [0, 0.05) is 0 Å². The minimum absolute atomic E-state index is 0.0514. The van der Waals surface area contributed by atoms with Crippen molar-refractivity contribution >= 4 is 34.3 Å². The fraction of sp³-hybridized carbons (Fsp3) is 0. The molecule has 0 aliphatic rings. The van der Waals surface area contributed by atoms with Crippen LogP contribution in [0.3, 0.4) is 0 Å². The molecule has 0 amide bonds. The van der Waals surface area contributed by atoms with Gasteiger partial charge in [0.25, 0.3) is 0 Å². The summed E-state index contributed by atoms with van der Waals surface area (Å²) in [5.41, 5.74) is 27.0. The highest BCUT2D eigenvalue weighted by atomic mass is 32.1. The van der Waals surface area contributed by atoms with Gasteiger partial charge >= 0.3 is 11.6 Å². The average Bonchev–Trinajstić information content (AvgIpc) is 2.82. The Hall–Kier alpha value is -4.90. The van der Waals surface area contributed by atoms with Crippen LogP contribution in [0.4, 0.5) is 22.7 Å². The van der Waals surface area contributed by atoms with Crippen LogP contribution in [0.15, 0.2) is 72.8 Å². The third-order valence-corrected chi connectivity index (χ3v) is 4.78. The van der Waals surface area contributed by atoms with Crippen molar-refractivity contribution in [2.24, 2.45) is 0 Å². The van der Waals surface area contributed by atoms with E-state index in [1.807, 2.05) is 0 Å². The SMILES string of the molecule is Nc1cc(-c2ccc(O)c(N)c2)ccc1O.Nc1cc(-c2ccc(O)c(N)c2)ccc1O.O=S=O. The lowest BCUT2D eigenvalue weighted by molar-refractivity contribution is 0.477. The predicted molar refractivity (Wildman–Crippen MR) is 137 cm³/mol. The maximum absolute atomic E-state index is 9.30. The van der Waals surface area contributed by atoms with Crippen molar-refractivity contribution in [1.29, 1.82) is 0 Å². The molecular weight excluding hydrogens is 472 g/mol. The first kappa shape index (κ1) is 26.4. The Morgan fingerprint density at radius 1 is 0.429 bits per heavy atom. The van der Waals surface area contributed by atoms with Crippen LogP contribution in [0.25, 0.3) is 22.3 Å². The number of phenolic OH excluding ortho intramolecular Hbond substituents is 4. The summed E-state index contributed by atoms with van der Waals surface area (Å²) >= 11 is -0.750.